The van der Waals surface area contributed by atoms with Crippen LogP contribution in [0, 0.1) is 6.92 Å². The minimum atomic E-state index is -3.51. The van der Waals surface area contributed by atoms with Gasteiger partial charge in [0.25, 0.3) is 10.0 Å². The van der Waals surface area contributed by atoms with Crippen LogP contribution < -0.4 is 10.5 Å². The average Bonchev–Trinajstić information content (AvgIpc) is 2.74. The number of hydrogen-bond acceptors (Lipinski definition) is 5. The monoisotopic (exact) mass is 313 g/mol. The van der Waals surface area contributed by atoms with Crippen LogP contribution in [0.1, 0.15) is 31.7 Å². The minimum Gasteiger partial charge on any atom is -0.329 e. The van der Waals surface area contributed by atoms with E-state index in [1.165, 1.54) is 6.20 Å². The van der Waals surface area contributed by atoms with Crippen LogP contribution in [0.2, 0.25) is 0 Å². The molecule has 0 fully saturated rings. The highest BCUT2D eigenvalue weighted by Crippen LogP contribution is 2.22. The molecule has 0 saturated heterocycles. The van der Waals surface area contributed by atoms with Crippen molar-refractivity contribution in [3.05, 3.63) is 11.2 Å². The topological polar surface area (TPSA) is 85.1 Å². The fourth-order valence-electron chi connectivity index (χ4n) is 1.53. The number of nitrogens with zero attached hydrogens (tertiary/aromatic N) is 1. The van der Waals surface area contributed by atoms with Crippen LogP contribution in [0.4, 0.5) is 0 Å². The Morgan fingerprint density at radius 2 is 2.00 bits per heavy atom. The van der Waals surface area contributed by atoms with Crippen LogP contribution in [0.25, 0.3) is 0 Å². The number of aryl methyl sites for hydroxylation is 1. The summed E-state index contributed by atoms with van der Waals surface area (Å²) in [4.78, 5) is 3.96. The van der Waals surface area contributed by atoms with E-state index in [4.69, 9.17) is 5.73 Å². The fraction of sp³-hybridized carbons (Fsp3) is 0.700. The zero-order valence-electron chi connectivity index (χ0n) is 10.8. The second kappa shape index (κ2) is 6.81. The van der Waals surface area contributed by atoms with Crippen molar-refractivity contribution >= 4 is 33.8 Å². The first-order valence-corrected chi connectivity index (χ1v) is 7.85. The molecule has 1 heterocycles. The van der Waals surface area contributed by atoms with Crippen molar-refractivity contribution in [2.75, 3.05) is 6.54 Å². The predicted molar refractivity (Wildman–Crippen MR) is 76.8 cm³/mol. The Kier molecular flexibility index (Phi) is 6.73. The predicted octanol–water partition coefficient (Wildman–Crippen LogP) is 1.67. The number of aromatic nitrogens is 1. The van der Waals surface area contributed by atoms with Gasteiger partial charge >= 0.3 is 0 Å². The Morgan fingerprint density at radius 3 is 2.33 bits per heavy atom. The molecule has 1 aromatic heterocycles. The third-order valence-corrected chi connectivity index (χ3v) is 5.91. The molecule has 0 bridgehead atoms. The quantitative estimate of drug-likeness (QED) is 0.836. The highest BCUT2D eigenvalue weighted by atomic mass is 35.5. The number of thiazole rings is 1. The van der Waals surface area contributed by atoms with Gasteiger partial charge in [-0.2, -0.15) is 0 Å². The molecule has 0 saturated carbocycles. The molecule has 0 atom stereocenters. The van der Waals surface area contributed by atoms with Crippen LogP contribution in [-0.2, 0) is 10.0 Å². The summed E-state index contributed by atoms with van der Waals surface area (Å²) < 4.78 is 27.2. The number of nitrogens with one attached hydrogen (secondary N) is 1. The smallest absolute Gasteiger partial charge is 0.252 e. The maximum atomic E-state index is 12.1. The fourth-order valence-corrected chi connectivity index (χ4v) is 4.19. The van der Waals surface area contributed by atoms with Gasteiger partial charge in [-0.3, -0.25) is 0 Å². The average molecular weight is 314 g/mol. The SMILES string of the molecule is CCC(CC)(CN)NS(=O)(=O)c1cnc(C)s1.Cl. The van der Waals surface area contributed by atoms with Gasteiger partial charge in [0, 0.05) is 12.1 Å². The Labute approximate surface area is 119 Å². The highest BCUT2D eigenvalue weighted by Gasteiger charge is 2.31. The standard InChI is InChI=1S/C10H19N3O2S2.ClH/c1-4-10(5-2,7-11)13-17(14,15)9-6-12-8(3)16-9;/h6,13H,4-5,7,11H2,1-3H3;1H. The molecular formula is C10H20ClN3O2S2. The molecular weight excluding hydrogens is 294 g/mol. The molecule has 0 radical (unpaired) electrons. The summed E-state index contributed by atoms with van der Waals surface area (Å²) in [5.74, 6) is 0. The van der Waals surface area contributed by atoms with Crippen molar-refractivity contribution in [2.45, 2.75) is 43.4 Å². The van der Waals surface area contributed by atoms with E-state index in [1.807, 2.05) is 13.8 Å². The summed E-state index contributed by atoms with van der Waals surface area (Å²) in [7, 11) is -3.51. The molecule has 0 aromatic carbocycles. The molecule has 5 nitrogen and oxygen atoms in total. The summed E-state index contributed by atoms with van der Waals surface area (Å²) in [6, 6.07) is 0. The molecule has 0 unspecified atom stereocenters. The van der Waals surface area contributed by atoms with E-state index in [1.54, 1.807) is 6.92 Å². The zero-order chi connectivity index (χ0) is 13.1. The van der Waals surface area contributed by atoms with E-state index in [0.29, 0.717) is 12.8 Å². The Morgan fingerprint density at radius 1 is 1.44 bits per heavy atom. The van der Waals surface area contributed by atoms with Gasteiger partial charge < -0.3 is 5.73 Å². The van der Waals surface area contributed by atoms with E-state index >= 15 is 0 Å². The molecule has 0 aliphatic carbocycles. The molecule has 8 heteroatoms. The number of rotatable bonds is 6. The van der Waals surface area contributed by atoms with Gasteiger partial charge in [0.15, 0.2) is 4.21 Å². The van der Waals surface area contributed by atoms with Crippen LogP contribution in [0.3, 0.4) is 0 Å². The summed E-state index contributed by atoms with van der Waals surface area (Å²) in [5.41, 5.74) is 5.12. The van der Waals surface area contributed by atoms with Gasteiger partial charge in [0.2, 0.25) is 0 Å². The summed E-state index contributed by atoms with van der Waals surface area (Å²) in [6.45, 7) is 5.92. The first kappa shape index (κ1) is 17.8. The second-order valence-corrected chi connectivity index (χ2v) is 7.14. The first-order valence-electron chi connectivity index (χ1n) is 5.55. The van der Waals surface area contributed by atoms with Crippen molar-refractivity contribution in [3.8, 4) is 0 Å². The lowest BCUT2D eigenvalue weighted by molar-refractivity contribution is 0.363. The summed E-state index contributed by atoms with van der Waals surface area (Å²) in [5, 5.41) is 0.733. The summed E-state index contributed by atoms with van der Waals surface area (Å²) in [6.07, 6.45) is 2.71. The molecule has 18 heavy (non-hydrogen) atoms. The van der Waals surface area contributed by atoms with Crippen LogP contribution >= 0.6 is 23.7 Å². The zero-order valence-corrected chi connectivity index (χ0v) is 13.2. The Balaban J connectivity index is 0.00000289. The number of halogens is 1. The molecule has 3 N–H and O–H groups in total. The Bertz CT molecular complexity index is 461. The lowest BCUT2D eigenvalue weighted by atomic mass is 9.95. The maximum absolute atomic E-state index is 12.1. The van der Waals surface area contributed by atoms with E-state index in [2.05, 4.69) is 9.71 Å². The van der Waals surface area contributed by atoms with Crippen molar-refractivity contribution < 1.29 is 8.42 Å². The third kappa shape index (κ3) is 3.89. The van der Waals surface area contributed by atoms with E-state index in [-0.39, 0.29) is 23.2 Å². The highest BCUT2D eigenvalue weighted by molar-refractivity contribution is 7.91. The van der Waals surface area contributed by atoms with Gasteiger partial charge in [-0.1, -0.05) is 13.8 Å². The lowest BCUT2D eigenvalue weighted by Crippen LogP contribution is -2.52. The van der Waals surface area contributed by atoms with Crippen molar-refractivity contribution in [3.63, 3.8) is 0 Å². The molecule has 0 aliphatic rings. The second-order valence-electron chi connectivity index (χ2n) is 4.00. The molecule has 0 spiro atoms. The van der Waals surface area contributed by atoms with Crippen LogP contribution in [0.15, 0.2) is 10.4 Å². The van der Waals surface area contributed by atoms with Crippen molar-refractivity contribution in [1.29, 1.82) is 0 Å². The van der Waals surface area contributed by atoms with Crippen molar-refractivity contribution in [1.82, 2.24) is 9.71 Å². The van der Waals surface area contributed by atoms with Gasteiger partial charge in [-0.25, -0.2) is 18.1 Å². The summed E-state index contributed by atoms with van der Waals surface area (Å²) >= 11 is 1.16. The van der Waals surface area contributed by atoms with Gasteiger partial charge in [-0.05, 0) is 19.8 Å². The Hall–Kier alpha value is -0.210. The number of nitrogens with two attached hydrogens (primary N) is 1. The van der Waals surface area contributed by atoms with Crippen LogP contribution in [-0.4, -0.2) is 25.5 Å². The van der Waals surface area contributed by atoms with E-state index in [0.717, 1.165) is 16.3 Å². The van der Waals surface area contributed by atoms with Crippen molar-refractivity contribution in [2.24, 2.45) is 5.73 Å². The largest absolute Gasteiger partial charge is 0.329 e. The lowest BCUT2D eigenvalue weighted by Gasteiger charge is -2.30. The van der Waals surface area contributed by atoms with Crippen LogP contribution in [0.5, 0.6) is 0 Å². The minimum absolute atomic E-state index is 0. The van der Waals surface area contributed by atoms with Gasteiger partial charge in [0.05, 0.1) is 11.2 Å². The maximum Gasteiger partial charge on any atom is 0.252 e. The number of hydrogen-bond donors (Lipinski definition) is 2. The molecule has 1 aromatic rings. The third-order valence-electron chi connectivity index (χ3n) is 2.96. The normalized spacial score (nSPS) is 12.2. The molecule has 1 rings (SSSR count). The molecule has 0 amide bonds. The molecule has 106 valence electrons. The van der Waals surface area contributed by atoms with E-state index < -0.39 is 15.6 Å². The number of sulfonamides is 1. The van der Waals surface area contributed by atoms with E-state index in [9.17, 15) is 8.42 Å². The first-order chi connectivity index (χ1) is 7.89. The van der Waals surface area contributed by atoms with Gasteiger partial charge in [0.1, 0.15) is 0 Å². The molecule has 0 aliphatic heterocycles. The van der Waals surface area contributed by atoms with Gasteiger partial charge in [-0.15, -0.1) is 23.7 Å².